The van der Waals surface area contributed by atoms with E-state index in [1.807, 2.05) is 5.32 Å². The van der Waals surface area contributed by atoms with E-state index in [-0.39, 0.29) is 20.6 Å². The first-order valence-corrected chi connectivity index (χ1v) is 9.29. The fraction of sp³-hybridized carbons (Fsp3) is 0.167. The highest BCUT2D eigenvalue weighted by atomic mass is 35.5. The van der Waals surface area contributed by atoms with Gasteiger partial charge in [-0.3, -0.25) is 10.1 Å². The van der Waals surface area contributed by atoms with Crippen LogP contribution in [0.1, 0.15) is 10.4 Å². The van der Waals surface area contributed by atoms with Gasteiger partial charge in [-0.1, -0.05) is 34.8 Å². The van der Waals surface area contributed by atoms with Crippen molar-refractivity contribution in [2.75, 3.05) is 25.1 Å². The van der Waals surface area contributed by atoms with Gasteiger partial charge in [0.05, 0.1) is 20.6 Å². The number of carbonyl (C=O) groups is 3. The molecular weight excluding hydrogens is 447 g/mol. The van der Waals surface area contributed by atoms with Gasteiger partial charge >= 0.3 is 12.0 Å². The Balaban J connectivity index is 1.52. The van der Waals surface area contributed by atoms with Crippen LogP contribution in [0, 0.1) is 0 Å². The molecular formula is C18H13Cl3N2O6. The van der Waals surface area contributed by atoms with Gasteiger partial charge in [0.25, 0.3) is 5.91 Å². The summed E-state index contributed by atoms with van der Waals surface area (Å²) in [6.45, 7) is 0.110. The number of benzene rings is 2. The molecule has 1 aliphatic heterocycles. The summed E-state index contributed by atoms with van der Waals surface area (Å²) < 4.78 is 15.6. The van der Waals surface area contributed by atoms with Gasteiger partial charge in [0.2, 0.25) is 0 Å². The van der Waals surface area contributed by atoms with Crippen molar-refractivity contribution in [1.82, 2.24) is 5.32 Å². The largest absolute Gasteiger partial charge is 0.486 e. The monoisotopic (exact) mass is 458 g/mol. The Kier molecular flexibility index (Phi) is 6.68. The number of hydrogen-bond donors (Lipinski definition) is 2. The molecule has 0 fully saturated rings. The summed E-state index contributed by atoms with van der Waals surface area (Å²) in [5.74, 6) is -0.777. The second kappa shape index (κ2) is 9.21. The van der Waals surface area contributed by atoms with Crippen LogP contribution in [0.15, 0.2) is 30.3 Å². The minimum atomic E-state index is -0.954. The molecule has 0 atom stereocenters. The molecule has 0 aromatic heterocycles. The number of anilines is 1. The quantitative estimate of drug-likeness (QED) is 0.530. The molecule has 8 nitrogen and oxygen atoms in total. The highest BCUT2D eigenvalue weighted by Gasteiger charge is 2.20. The van der Waals surface area contributed by atoms with Gasteiger partial charge in [-0.25, -0.2) is 9.59 Å². The predicted octanol–water partition coefficient (Wildman–Crippen LogP) is 3.92. The molecule has 2 N–H and O–H groups in total. The SMILES string of the molecule is O=C(COC(=O)c1c(Cl)ccc(Cl)c1Cl)NC(=O)Nc1ccc2c(c1)OCCO2. The van der Waals surface area contributed by atoms with Gasteiger partial charge in [-0.05, 0) is 24.3 Å². The van der Waals surface area contributed by atoms with E-state index in [2.05, 4.69) is 5.32 Å². The molecule has 0 bridgehead atoms. The number of esters is 1. The van der Waals surface area contributed by atoms with Crippen molar-refractivity contribution in [3.8, 4) is 11.5 Å². The number of rotatable bonds is 4. The van der Waals surface area contributed by atoms with Crippen LogP contribution in [0.25, 0.3) is 0 Å². The number of carbonyl (C=O) groups excluding carboxylic acids is 3. The first-order valence-electron chi connectivity index (χ1n) is 8.16. The van der Waals surface area contributed by atoms with E-state index in [0.717, 1.165) is 0 Å². The standard InChI is InChI=1S/C18H13Cl3N2O6/c19-10-2-3-11(20)16(21)15(10)17(25)29-8-14(24)23-18(26)22-9-1-4-12-13(7-9)28-6-5-27-12/h1-4,7H,5-6,8H2,(H2,22,23,24,26). The molecule has 0 radical (unpaired) electrons. The number of fused-ring (bicyclic) bond motifs is 1. The molecule has 1 heterocycles. The number of halogens is 3. The molecule has 0 saturated heterocycles. The van der Waals surface area contributed by atoms with Crippen LogP contribution in [0.4, 0.5) is 10.5 Å². The third-order valence-electron chi connectivity index (χ3n) is 3.64. The number of nitrogens with one attached hydrogen (secondary N) is 2. The maximum atomic E-state index is 12.1. The Labute approximate surface area is 180 Å². The first-order chi connectivity index (χ1) is 13.8. The highest BCUT2D eigenvalue weighted by molar-refractivity contribution is 6.46. The molecule has 0 saturated carbocycles. The Hall–Kier alpha value is -2.68. The molecule has 2 aromatic rings. The van der Waals surface area contributed by atoms with Crippen molar-refractivity contribution >= 4 is 58.4 Å². The lowest BCUT2D eigenvalue weighted by Crippen LogP contribution is -2.37. The smallest absolute Gasteiger partial charge is 0.341 e. The van der Waals surface area contributed by atoms with E-state index in [0.29, 0.717) is 30.4 Å². The van der Waals surface area contributed by atoms with Crippen molar-refractivity contribution in [3.05, 3.63) is 51.0 Å². The van der Waals surface area contributed by atoms with Crippen LogP contribution >= 0.6 is 34.8 Å². The van der Waals surface area contributed by atoms with E-state index in [1.165, 1.54) is 12.1 Å². The Morgan fingerprint density at radius 3 is 2.41 bits per heavy atom. The van der Waals surface area contributed by atoms with Crippen LogP contribution in [0.5, 0.6) is 11.5 Å². The fourth-order valence-electron chi connectivity index (χ4n) is 2.36. The summed E-state index contributed by atoms with van der Waals surface area (Å²) in [4.78, 5) is 35.9. The number of urea groups is 1. The molecule has 2 aromatic carbocycles. The van der Waals surface area contributed by atoms with Gasteiger partial charge in [-0.15, -0.1) is 0 Å². The van der Waals surface area contributed by atoms with Gasteiger partial charge in [0, 0.05) is 11.8 Å². The molecule has 1 aliphatic rings. The number of imide groups is 1. The summed E-state index contributed by atoms with van der Waals surface area (Å²) >= 11 is 17.7. The zero-order chi connectivity index (χ0) is 21.0. The summed E-state index contributed by atoms with van der Waals surface area (Å²) in [7, 11) is 0. The minimum Gasteiger partial charge on any atom is -0.486 e. The molecule has 3 rings (SSSR count). The normalized spacial score (nSPS) is 12.1. The summed E-state index contributed by atoms with van der Waals surface area (Å²) in [5, 5.41) is 4.51. The second-order valence-electron chi connectivity index (χ2n) is 5.66. The molecule has 3 amide bonds. The Morgan fingerprint density at radius 2 is 1.66 bits per heavy atom. The lowest BCUT2D eigenvalue weighted by atomic mass is 10.2. The molecule has 29 heavy (non-hydrogen) atoms. The van der Waals surface area contributed by atoms with Crippen molar-refractivity contribution in [3.63, 3.8) is 0 Å². The summed E-state index contributed by atoms with van der Waals surface area (Å²) in [5.41, 5.74) is 0.211. The van der Waals surface area contributed by atoms with E-state index in [4.69, 9.17) is 49.0 Å². The number of amides is 3. The van der Waals surface area contributed by atoms with Crippen LogP contribution in [0.3, 0.4) is 0 Å². The first kappa shape index (κ1) is 21.0. The van der Waals surface area contributed by atoms with Crippen molar-refractivity contribution in [2.24, 2.45) is 0 Å². The van der Waals surface area contributed by atoms with Crippen molar-refractivity contribution < 1.29 is 28.6 Å². The third-order valence-corrected chi connectivity index (χ3v) is 4.75. The lowest BCUT2D eigenvalue weighted by molar-refractivity contribution is -0.123. The predicted molar refractivity (Wildman–Crippen MR) is 106 cm³/mol. The number of hydrogen-bond acceptors (Lipinski definition) is 6. The molecule has 152 valence electrons. The summed E-state index contributed by atoms with van der Waals surface area (Å²) in [6, 6.07) is 6.74. The molecule has 0 unspecified atom stereocenters. The zero-order valence-corrected chi connectivity index (χ0v) is 16.9. The Morgan fingerprint density at radius 1 is 0.966 bits per heavy atom. The topological polar surface area (TPSA) is 103 Å². The van der Waals surface area contributed by atoms with Crippen LogP contribution < -0.4 is 20.1 Å². The summed E-state index contributed by atoms with van der Waals surface area (Å²) in [6.07, 6.45) is 0. The average Bonchev–Trinajstić information content (AvgIpc) is 2.69. The minimum absolute atomic E-state index is 0.0150. The van der Waals surface area contributed by atoms with E-state index in [9.17, 15) is 14.4 Å². The van der Waals surface area contributed by atoms with Crippen LogP contribution in [-0.2, 0) is 9.53 Å². The van der Waals surface area contributed by atoms with Crippen LogP contribution in [-0.4, -0.2) is 37.7 Å². The maximum absolute atomic E-state index is 12.1. The van der Waals surface area contributed by atoms with Gasteiger partial charge in [0.1, 0.15) is 13.2 Å². The van der Waals surface area contributed by atoms with E-state index in [1.54, 1.807) is 18.2 Å². The fourth-order valence-corrected chi connectivity index (χ4v) is 3.05. The average molecular weight is 460 g/mol. The lowest BCUT2D eigenvalue weighted by Gasteiger charge is -2.19. The zero-order valence-electron chi connectivity index (χ0n) is 14.6. The van der Waals surface area contributed by atoms with Gasteiger partial charge in [-0.2, -0.15) is 0 Å². The second-order valence-corrected chi connectivity index (χ2v) is 6.85. The van der Waals surface area contributed by atoms with Gasteiger partial charge in [0.15, 0.2) is 18.1 Å². The van der Waals surface area contributed by atoms with E-state index < -0.39 is 24.5 Å². The third kappa shape index (κ3) is 5.23. The maximum Gasteiger partial charge on any atom is 0.341 e. The highest BCUT2D eigenvalue weighted by Crippen LogP contribution is 2.33. The van der Waals surface area contributed by atoms with E-state index >= 15 is 0 Å². The molecule has 0 aliphatic carbocycles. The van der Waals surface area contributed by atoms with Crippen molar-refractivity contribution in [1.29, 1.82) is 0 Å². The Bertz CT molecular complexity index is 982. The number of ether oxygens (including phenoxy) is 3. The van der Waals surface area contributed by atoms with Crippen LogP contribution in [0.2, 0.25) is 15.1 Å². The molecule has 0 spiro atoms. The molecule has 11 heteroatoms. The van der Waals surface area contributed by atoms with Crippen molar-refractivity contribution in [2.45, 2.75) is 0 Å². The van der Waals surface area contributed by atoms with Gasteiger partial charge < -0.3 is 19.5 Å².